The van der Waals surface area contributed by atoms with E-state index in [2.05, 4.69) is 14.8 Å². The number of rotatable bonds is 4. The van der Waals surface area contributed by atoms with Crippen LogP contribution in [0.25, 0.3) is 0 Å². The third kappa shape index (κ3) is 3.84. The van der Waals surface area contributed by atoms with Crippen LogP contribution in [-0.4, -0.2) is 54.7 Å². The summed E-state index contributed by atoms with van der Waals surface area (Å²) >= 11 is 6.00. The maximum absolute atomic E-state index is 12.4. The Labute approximate surface area is 160 Å². The fraction of sp³-hybridized carbons (Fsp3) is 0.700. The Morgan fingerprint density at radius 3 is 2.69 bits per heavy atom. The van der Waals surface area contributed by atoms with Crippen molar-refractivity contribution in [2.24, 2.45) is 5.41 Å². The van der Waals surface area contributed by atoms with Crippen LogP contribution in [-0.2, 0) is 9.53 Å². The average molecular weight is 378 g/mol. The zero-order chi connectivity index (χ0) is 18.0. The third-order valence-corrected chi connectivity index (χ3v) is 6.56. The number of piperazine rings is 1. The normalized spacial score (nSPS) is 26.3. The molecule has 3 heterocycles. The number of hydrogen-bond donors (Lipinski definition) is 0. The van der Waals surface area contributed by atoms with Gasteiger partial charge in [-0.05, 0) is 31.4 Å². The Kier molecular flexibility index (Phi) is 5.37. The fourth-order valence-electron chi connectivity index (χ4n) is 4.78. The van der Waals surface area contributed by atoms with Gasteiger partial charge < -0.3 is 9.64 Å². The van der Waals surface area contributed by atoms with E-state index in [-0.39, 0.29) is 17.5 Å². The Balaban J connectivity index is 1.24. The van der Waals surface area contributed by atoms with Gasteiger partial charge in [0.25, 0.3) is 0 Å². The first-order chi connectivity index (χ1) is 12.6. The molecule has 1 saturated carbocycles. The molecule has 1 aromatic heterocycles. The highest BCUT2D eigenvalue weighted by Gasteiger charge is 2.48. The number of hydrogen-bond acceptors (Lipinski definition) is 5. The maximum Gasteiger partial charge on any atom is 0.312 e. The molecule has 0 bridgehead atoms. The number of carbonyl (C=O) groups excluding carboxylic acids is 1. The number of ether oxygens (including phenoxy) is 1. The second-order valence-electron chi connectivity index (χ2n) is 8.03. The minimum atomic E-state index is -0.137. The number of aromatic nitrogens is 1. The Hall–Kier alpha value is -1.33. The molecule has 1 spiro atoms. The van der Waals surface area contributed by atoms with Crippen LogP contribution in [0.3, 0.4) is 0 Å². The van der Waals surface area contributed by atoms with Gasteiger partial charge in [-0.2, -0.15) is 0 Å². The minimum absolute atomic E-state index is 0.0848. The largest absolute Gasteiger partial charge is 0.462 e. The molecule has 1 aromatic rings. The van der Waals surface area contributed by atoms with Crippen LogP contribution < -0.4 is 4.90 Å². The first kappa shape index (κ1) is 18.1. The summed E-state index contributed by atoms with van der Waals surface area (Å²) in [6.45, 7) is 5.07. The summed E-state index contributed by atoms with van der Waals surface area (Å²) in [7, 11) is 0. The van der Waals surface area contributed by atoms with Crippen LogP contribution in [0.5, 0.6) is 0 Å². The second kappa shape index (κ2) is 7.73. The van der Waals surface area contributed by atoms with Crippen LogP contribution in [0.15, 0.2) is 18.3 Å². The van der Waals surface area contributed by atoms with E-state index in [1.807, 2.05) is 12.1 Å². The molecule has 0 N–H and O–H groups in total. The molecule has 2 aliphatic heterocycles. The SMILES string of the molecule is O=C1O[C@H](CCN2CCN(c3ccnc(Cl)c3)CC2)CC12CCCCC2. The standard InChI is InChI=1S/C20H28ClN3O2/c21-18-14-16(4-8-22-18)24-12-10-23(11-13-24)9-5-17-15-20(19(25)26-17)6-2-1-3-7-20/h4,8,14,17H,1-3,5-7,9-13,15H2/t17-/m1/s1. The summed E-state index contributed by atoms with van der Waals surface area (Å²) in [5, 5.41) is 0.546. The number of cyclic esters (lactones) is 1. The van der Waals surface area contributed by atoms with Gasteiger partial charge in [-0.25, -0.2) is 4.98 Å². The van der Waals surface area contributed by atoms with Gasteiger partial charge in [-0.15, -0.1) is 0 Å². The molecular formula is C20H28ClN3O2. The first-order valence-electron chi connectivity index (χ1n) is 9.95. The van der Waals surface area contributed by atoms with Crippen molar-refractivity contribution in [3.05, 3.63) is 23.5 Å². The lowest BCUT2D eigenvalue weighted by Crippen LogP contribution is -2.47. The summed E-state index contributed by atoms with van der Waals surface area (Å²) in [4.78, 5) is 21.3. The lowest BCUT2D eigenvalue weighted by molar-refractivity contribution is -0.150. The first-order valence-corrected chi connectivity index (χ1v) is 10.3. The van der Waals surface area contributed by atoms with E-state index < -0.39 is 0 Å². The van der Waals surface area contributed by atoms with E-state index >= 15 is 0 Å². The molecule has 4 rings (SSSR count). The van der Waals surface area contributed by atoms with Crippen molar-refractivity contribution in [3.63, 3.8) is 0 Å². The van der Waals surface area contributed by atoms with E-state index in [1.165, 1.54) is 19.3 Å². The second-order valence-corrected chi connectivity index (χ2v) is 8.41. The molecule has 0 aromatic carbocycles. The molecule has 0 radical (unpaired) electrons. The van der Waals surface area contributed by atoms with Crippen molar-refractivity contribution < 1.29 is 9.53 Å². The Morgan fingerprint density at radius 2 is 1.96 bits per heavy atom. The van der Waals surface area contributed by atoms with E-state index in [0.717, 1.165) is 64.1 Å². The fourth-order valence-corrected chi connectivity index (χ4v) is 4.95. The number of nitrogens with zero attached hydrogens (tertiary/aromatic N) is 3. The summed E-state index contributed by atoms with van der Waals surface area (Å²) in [6, 6.07) is 3.95. The smallest absolute Gasteiger partial charge is 0.312 e. The van der Waals surface area contributed by atoms with Gasteiger partial charge >= 0.3 is 5.97 Å². The molecule has 1 aliphatic carbocycles. The number of esters is 1. The monoisotopic (exact) mass is 377 g/mol. The highest BCUT2D eigenvalue weighted by Crippen LogP contribution is 2.46. The predicted octanol–water partition coefficient (Wildman–Crippen LogP) is 3.51. The molecule has 6 heteroatoms. The molecule has 26 heavy (non-hydrogen) atoms. The topological polar surface area (TPSA) is 45.7 Å². The van der Waals surface area contributed by atoms with Gasteiger partial charge in [0.15, 0.2) is 0 Å². The van der Waals surface area contributed by atoms with Crippen LogP contribution in [0.1, 0.15) is 44.9 Å². The Morgan fingerprint density at radius 1 is 1.19 bits per heavy atom. The predicted molar refractivity (Wildman–Crippen MR) is 103 cm³/mol. The highest BCUT2D eigenvalue weighted by atomic mass is 35.5. The van der Waals surface area contributed by atoms with E-state index in [0.29, 0.717) is 5.15 Å². The van der Waals surface area contributed by atoms with Gasteiger partial charge in [0.2, 0.25) is 0 Å². The van der Waals surface area contributed by atoms with Crippen LogP contribution in [0.4, 0.5) is 5.69 Å². The van der Waals surface area contributed by atoms with Gasteiger partial charge in [-0.1, -0.05) is 30.9 Å². The molecular weight excluding hydrogens is 350 g/mol. The number of pyridine rings is 1. The highest BCUT2D eigenvalue weighted by molar-refractivity contribution is 6.29. The van der Waals surface area contributed by atoms with E-state index in [4.69, 9.17) is 16.3 Å². The van der Waals surface area contributed by atoms with Gasteiger partial charge in [-0.3, -0.25) is 9.69 Å². The van der Waals surface area contributed by atoms with E-state index in [9.17, 15) is 4.79 Å². The number of halogens is 1. The molecule has 0 amide bonds. The van der Waals surface area contributed by atoms with E-state index in [1.54, 1.807) is 6.20 Å². The van der Waals surface area contributed by atoms with Crippen LogP contribution in [0, 0.1) is 5.41 Å². The zero-order valence-electron chi connectivity index (χ0n) is 15.3. The molecule has 3 fully saturated rings. The van der Waals surface area contributed by atoms with Crippen molar-refractivity contribution in [2.75, 3.05) is 37.6 Å². The maximum atomic E-state index is 12.4. The van der Waals surface area contributed by atoms with Crippen LogP contribution in [0.2, 0.25) is 5.15 Å². The Bertz CT molecular complexity index is 640. The third-order valence-electron chi connectivity index (χ3n) is 6.35. The summed E-state index contributed by atoms with van der Waals surface area (Å²) in [5.74, 6) is 0.0848. The number of anilines is 1. The van der Waals surface area contributed by atoms with Crippen LogP contribution >= 0.6 is 11.6 Å². The van der Waals surface area contributed by atoms with Crippen molar-refractivity contribution in [1.29, 1.82) is 0 Å². The zero-order valence-corrected chi connectivity index (χ0v) is 16.1. The van der Waals surface area contributed by atoms with Crippen molar-refractivity contribution in [3.8, 4) is 0 Å². The van der Waals surface area contributed by atoms with Gasteiger partial charge in [0.05, 0.1) is 5.41 Å². The van der Waals surface area contributed by atoms with Gasteiger partial charge in [0.1, 0.15) is 11.3 Å². The van der Waals surface area contributed by atoms with Crippen molar-refractivity contribution >= 4 is 23.3 Å². The quantitative estimate of drug-likeness (QED) is 0.593. The molecule has 0 unspecified atom stereocenters. The molecule has 2 saturated heterocycles. The van der Waals surface area contributed by atoms with Crippen molar-refractivity contribution in [1.82, 2.24) is 9.88 Å². The molecule has 1 atom stereocenters. The molecule has 5 nitrogen and oxygen atoms in total. The lowest BCUT2D eigenvalue weighted by Gasteiger charge is -2.36. The minimum Gasteiger partial charge on any atom is -0.462 e. The summed E-state index contributed by atoms with van der Waals surface area (Å²) in [6.07, 6.45) is 9.51. The summed E-state index contributed by atoms with van der Waals surface area (Å²) < 4.78 is 5.75. The molecule has 3 aliphatic rings. The number of carbonyl (C=O) groups is 1. The van der Waals surface area contributed by atoms with Crippen molar-refractivity contribution in [2.45, 2.75) is 51.0 Å². The van der Waals surface area contributed by atoms with Gasteiger partial charge in [0, 0.05) is 51.0 Å². The molecule has 142 valence electrons. The summed E-state index contributed by atoms with van der Waals surface area (Å²) in [5.41, 5.74) is 1.01. The average Bonchev–Trinajstić information content (AvgIpc) is 2.96. The lowest BCUT2D eigenvalue weighted by atomic mass is 9.72.